The van der Waals surface area contributed by atoms with Crippen LogP contribution < -0.4 is 0 Å². The number of hydrogen-bond donors (Lipinski definition) is 1. The van der Waals surface area contributed by atoms with Gasteiger partial charge in [-0.05, 0) is 48.2 Å². The maximum atomic E-state index is 11.7. The minimum absolute atomic E-state index is 0. The fraction of sp³-hybridized carbons (Fsp3) is 0.400. The van der Waals surface area contributed by atoms with E-state index in [1.807, 2.05) is 40.0 Å². The summed E-state index contributed by atoms with van der Waals surface area (Å²) in [5.74, 6) is 0.547. The van der Waals surface area contributed by atoms with Crippen LogP contribution >= 0.6 is 0 Å². The summed E-state index contributed by atoms with van der Waals surface area (Å²) in [6.45, 7) is 12.2. The monoisotopic (exact) mass is 639 g/mol. The van der Waals surface area contributed by atoms with Crippen LogP contribution in [-0.2, 0) is 25.9 Å². The summed E-state index contributed by atoms with van der Waals surface area (Å²) < 4.78 is 0. The number of benzene rings is 2. The van der Waals surface area contributed by atoms with E-state index in [1.165, 1.54) is 22.4 Å². The second-order valence-corrected chi connectivity index (χ2v) is 8.63. The molecule has 2 aromatic carbocycles. The number of aliphatic hydroxyl groups excluding tert-OH is 1. The second kappa shape index (κ2) is 14.9. The van der Waals surface area contributed by atoms with E-state index < -0.39 is 0 Å². The number of carbonyl (C=O) groups excluding carboxylic acids is 1. The standard InChI is InChI=1S/C17H14N.C13H24O2.Pt/c1-12-9-13(2)11-15(10-12)17-16-6-4-3-5-14(16)7-8-18-17;1-5-10(6-2)12(14)9-13(15)11(7-3)8-4;/h3-10H,1-2H3;9-11,14H,5-8H2,1-4H3;/q-1;;/b;12-9-;. The van der Waals surface area contributed by atoms with Crippen molar-refractivity contribution in [1.82, 2.24) is 4.98 Å². The molecular weight excluding hydrogens is 601 g/mol. The first kappa shape index (κ1) is 29.8. The van der Waals surface area contributed by atoms with Crippen molar-refractivity contribution >= 4 is 16.6 Å². The van der Waals surface area contributed by atoms with Gasteiger partial charge in [0.05, 0.1) is 5.76 Å². The molecule has 0 unspecified atom stereocenters. The van der Waals surface area contributed by atoms with E-state index in [-0.39, 0.29) is 44.4 Å². The van der Waals surface area contributed by atoms with Crippen molar-refractivity contribution in [2.24, 2.45) is 11.8 Å². The van der Waals surface area contributed by atoms with Crippen LogP contribution in [0, 0.1) is 31.7 Å². The van der Waals surface area contributed by atoms with Gasteiger partial charge in [0, 0.05) is 45.2 Å². The zero-order chi connectivity index (χ0) is 24.4. The van der Waals surface area contributed by atoms with Gasteiger partial charge in [0.1, 0.15) is 0 Å². The first-order valence-electron chi connectivity index (χ1n) is 12.1. The molecule has 3 aromatic rings. The third-order valence-corrected chi connectivity index (χ3v) is 6.16. The molecule has 1 N–H and O–H groups in total. The van der Waals surface area contributed by atoms with Gasteiger partial charge >= 0.3 is 0 Å². The summed E-state index contributed by atoms with van der Waals surface area (Å²) in [5, 5.41) is 12.2. The Morgan fingerprint density at radius 3 is 2.18 bits per heavy atom. The third kappa shape index (κ3) is 8.20. The molecule has 0 fully saturated rings. The number of fused-ring (bicyclic) bond motifs is 1. The topological polar surface area (TPSA) is 50.2 Å². The zero-order valence-electron chi connectivity index (χ0n) is 21.3. The first-order chi connectivity index (χ1) is 15.8. The molecule has 0 aliphatic heterocycles. The van der Waals surface area contributed by atoms with Gasteiger partial charge in [0.2, 0.25) is 0 Å². The summed E-state index contributed by atoms with van der Waals surface area (Å²) in [7, 11) is 0. The number of aromatic nitrogens is 1. The molecule has 4 heteroatoms. The Labute approximate surface area is 220 Å². The van der Waals surface area contributed by atoms with Crippen molar-refractivity contribution in [2.75, 3.05) is 0 Å². The molecule has 1 heterocycles. The van der Waals surface area contributed by atoms with Gasteiger partial charge < -0.3 is 10.1 Å². The van der Waals surface area contributed by atoms with Gasteiger partial charge in [-0.15, -0.1) is 34.9 Å². The van der Waals surface area contributed by atoms with Gasteiger partial charge in [-0.1, -0.05) is 65.8 Å². The molecule has 0 radical (unpaired) electrons. The van der Waals surface area contributed by atoms with Crippen LogP contribution in [0.3, 0.4) is 0 Å². The van der Waals surface area contributed by atoms with Crippen molar-refractivity contribution in [3.05, 3.63) is 77.7 Å². The second-order valence-electron chi connectivity index (χ2n) is 8.63. The van der Waals surface area contributed by atoms with Crippen molar-refractivity contribution in [3.63, 3.8) is 0 Å². The van der Waals surface area contributed by atoms with Gasteiger partial charge in [-0.2, -0.15) is 0 Å². The van der Waals surface area contributed by atoms with E-state index >= 15 is 0 Å². The third-order valence-electron chi connectivity index (χ3n) is 6.16. The number of aryl methyl sites for hydroxylation is 2. The smallest absolute Gasteiger partial charge is 0.162 e. The van der Waals surface area contributed by atoms with E-state index in [9.17, 15) is 9.90 Å². The zero-order valence-corrected chi connectivity index (χ0v) is 23.6. The molecule has 3 rings (SSSR count). The normalized spacial score (nSPS) is 11.2. The number of pyridine rings is 1. The summed E-state index contributed by atoms with van der Waals surface area (Å²) in [6, 6.07) is 18.0. The van der Waals surface area contributed by atoms with E-state index in [4.69, 9.17) is 0 Å². The Bertz CT molecular complexity index is 1060. The summed E-state index contributed by atoms with van der Waals surface area (Å²) >= 11 is 0. The van der Waals surface area contributed by atoms with Crippen LogP contribution in [0.5, 0.6) is 0 Å². The SMILES string of the molecule is CCC(CC)C(=O)/C=C(\O)C(CC)CC.Cc1[c-]c(-c2nccc3ccccc23)cc(C)c1.[Pt]. The van der Waals surface area contributed by atoms with Crippen LogP contribution in [0.25, 0.3) is 22.0 Å². The first-order valence-corrected chi connectivity index (χ1v) is 12.1. The van der Waals surface area contributed by atoms with Crippen molar-refractivity contribution in [2.45, 2.75) is 67.2 Å². The Hall–Kier alpha value is -2.25. The Morgan fingerprint density at radius 2 is 1.59 bits per heavy atom. The average Bonchev–Trinajstić information content (AvgIpc) is 2.80. The predicted molar refractivity (Wildman–Crippen MR) is 139 cm³/mol. The molecule has 34 heavy (non-hydrogen) atoms. The fourth-order valence-corrected chi connectivity index (χ4v) is 4.14. The van der Waals surface area contributed by atoms with Gasteiger partial charge in [0.15, 0.2) is 5.78 Å². The number of ketones is 1. The predicted octanol–water partition coefficient (Wildman–Crippen LogP) is 8.19. The van der Waals surface area contributed by atoms with E-state index in [1.54, 1.807) is 0 Å². The number of nitrogens with zero attached hydrogens (tertiary/aromatic N) is 1. The molecule has 186 valence electrons. The minimum atomic E-state index is 0. The number of allylic oxidation sites excluding steroid dienone is 2. The molecule has 0 spiro atoms. The van der Waals surface area contributed by atoms with Crippen LogP contribution in [0.15, 0.2) is 60.5 Å². The molecule has 0 atom stereocenters. The number of hydrogen-bond acceptors (Lipinski definition) is 3. The molecule has 0 aliphatic rings. The number of aliphatic hydroxyl groups is 1. The van der Waals surface area contributed by atoms with E-state index in [0.29, 0.717) is 0 Å². The molecular formula is C30H38NO2Pt-. The number of rotatable bonds is 8. The van der Waals surface area contributed by atoms with Crippen molar-refractivity contribution in [1.29, 1.82) is 0 Å². The Morgan fingerprint density at radius 1 is 0.971 bits per heavy atom. The summed E-state index contributed by atoms with van der Waals surface area (Å²) in [6.07, 6.45) is 6.77. The molecule has 0 saturated carbocycles. The molecule has 0 saturated heterocycles. The minimum Gasteiger partial charge on any atom is -0.512 e. The summed E-state index contributed by atoms with van der Waals surface area (Å²) in [4.78, 5) is 16.2. The average molecular weight is 640 g/mol. The van der Waals surface area contributed by atoms with Crippen LogP contribution in [-0.4, -0.2) is 15.9 Å². The van der Waals surface area contributed by atoms with Gasteiger partial charge in [-0.3, -0.25) is 4.79 Å². The summed E-state index contributed by atoms with van der Waals surface area (Å²) in [5.41, 5.74) is 4.49. The Kier molecular flexibility index (Phi) is 13.0. The number of carbonyl (C=O) groups is 1. The van der Waals surface area contributed by atoms with Gasteiger partial charge in [0.25, 0.3) is 0 Å². The molecule has 0 amide bonds. The van der Waals surface area contributed by atoms with E-state index in [2.05, 4.69) is 61.3 Å². The van der Waals surface area contributed by atoms with Gasteiger partial charge in [-0.25, -0.2) is 0 Å². The van der Waals surface area contributed by atoms with Crippen molar-refractivity contribution < 1.29 is 31.0 Å². The molecule has 0 aliphatic carbocycles. The largest absolute Gasteiger partial charge is 0.512 e. The Balaban J connectivity index is 0.000000338. The molecule has 0 bridgehead atoms. The van der Waals surface area contributed by atoms with Crippen LogP contribution in [0.2, 0.25) is 0 Å². The maximum absolute atomic E-state index is 11.7. The van der Waals surface area contributed by atoms with Crippen LogP contribution in [0.4, 0.5) is 0 Å². The van der Waals surface area contributed by atoms with Crippen LogP contribution in [0.1, 0.15) is 64.5 Å². The fourth-order valence-electron chi connectivity index (χ4n) is 4.14. The quantitative estimate of drug-likeness (QED) is 0.154. The maximum Gasteiger partial charge on any atom is 0.162 e. The molecule has 1 aromatic heterocycles. The molecule has 3 nitrogen and oxygen atoms in total. The van der Waals surface area contributed by atoms with Crippen molar-refractivity contribution in [3.8, 4) is 11.3 Å². The van der Waals surface area contributed by atoms with E-state index in [0.717, 1.165) is 42.5 Å².